The van der Waals surface area contributed by atoms with Crippen LogP contribution in [0.5, 0.6) is 0 Å². The summed E-state index contributed by atoms with van der Waals surface area (Å²) in [5, 5.41) is 2.26. The van der Waals surface area contributed by atoms with Crippen LogP contribution in [0.2, 0.25) is 0 Å². The van der Waals surface area contributed by atoms with Gasteiger partial charge >= 0.3 is 6.03 Å². The number of nitrogens with one attached hydrogen (secondary N) is 2. The first-order chi connectivity index (χ1) is 11.5. The van der Waals surface area contributed by atoms with E-state index in [0.29, 0.717) is 24.4 Å². The van der Waals surface area contributed by atoms with Gasteiger partial charge in [-0.1, -0.05) is 25.1 Å². The number of benzene rings is 1. The minimum Gasteiger partial charge on any atom is -0.338 e. The second-order valence-corrected chi connectivity index (χ2v) is 5.92. The van der Waals surface area contributed by atoms with Crippen LogP contribution in [-0.2, 0) is 9.59 Å². The molecule has 24 heavy (non-hydrogen) atoms. The average Bonchev–Trinajstić information content (AvgIpc) is 2.53. The van der Waals surface area contributed by atoms with Crippen molar-refractivity contribution in [3.8, 4) is 0 Å². The summed E-state index contributed by atoms with van der Waals surface area (Å²) in [7, 11) is 4.02. The fourth-order valence-corrected chi connectivity index (χ4v) is 2.52. The summed E-state index contributed by atoms with van der Waals surface area (Å²) in [6.07, 6.45) is 0.476. The van der Waals surface area contributed by atoms with E-state index in [4.69, 9.17) is 0 Å². The number of anilines is 1. The van der Waals surface area contributed by atoms with E-state index in [1.54, 1.807) is 30.3 Å². The molecule has 128 valence electrons. The zero-order valence-electron chi connectivity index (χ0n) is 14.2. The third-order valence-corrected chi connectivity index (χ3v) is 3.80. The lowest BCUT2D eigenvalue weighted by atomic mass is 9.96. The predicted molar refractivity (Wildman–Crippen MR) is 91.2 cm³/mol. The Hall–Kier alpha value is -2.54. The van der Waals surface area contributed by atoms with Crippen molar-refractivity contribution in [3.05, 3.63) is 30.3 Å². The van der Waals surface area contributed by atoms with Gasteiger partial charge in [0.1, 0.15) is 0 Å². The Morgan fingerprint density at radius 3 is 2.46 bits per heavy atom. The van der Waals surface area contributed by atoms with Gasteiger partial charge in [0.25, 0.3) is 5.91 Å². The van der Waals surface area contributed by atoms with Gasteiger partial charge in [-0.25, -0.2) is 9.69 Å². The first-order valence-electron chi connectivity index (χ1n) is 8.01. The first kappa shape index (κ1) is 17.8. The molecule has 0 aliphatic carbocycles. The number of imide groups is 2. The zero-order chi connectivity index (χ0) is 17.7. The van der Waals surface area contributed by atoms with Crippen molar-refractivity contribution < 1.29 is 19.3 Å². The van der Waals surface area contributed by atoms with E-state index in [0.717, 1.165) is 11.4 Å². The molecular formula is C17H23N4O3+. The van der Waals surface area contributed by atoms with Crippen molar-refractivity contribution in [3.63, 3.8) is 0 Å². The van der Waals surface area contributed by atoms with Crippen molar-refractivity contribution in [2.75, 3.05) is 32.1 Å². The van der Waals surface area contributed by atoms with Gasteiger partial charge in [0.2, 0.25) is 5.91 Å². The van der Waals surface area contributed by atoms with Crippen molar-refractivity contribution in [2.45, 2.75) is 13.3 Å². The van der Waals surface area contributed by atoms with E-state index in [9.17, 15) is 14.4 Å². The van der Waals surface area contributed by atoms with Gasteiger partial charge in [-0.2, -0.15) is 0 Å². The summed E-state index contributed by atoms with van der Waals surface area (Å²) in [6.45, 7) is 3.18. The highest BCUT2D eigenvalue weighted by atomic mass is 16.2. The number of amides is 4. The summed E-state index contributed by atoms with van der Waals surface area (Å²) in [5.74, 6) is -2.20. The molecule has 1 aliphatic rings. The molecule has 2 N–H and O–H groups in total. The van der Waals surface area contributed by atoms with Crippen LogP contribution in [0.15, 0.2) is 35.3 Å². The number of nitrogens with zero attached hydrogens (tertiary/aromatic N) is 2. The van der Waals surface area contributed by atoms with Crippen LogP contribution in [0, 0.1) is 5.92 Å². The van der Waals surface area contributed by atoms with Gasteiger partial charge in [0, 0.05) is 5.71 Å². The third kappa shape index (κ3) is 3.86. The Morgan fingerprint density at radius 1 is 1.21 bits per heavy atom. The number of barbiturate groups is 1. The molecule has 0 bridgehead atoms. The van der Waals surface area contributed by atoms with Crippen LogP contribution in [0.3, 0.4) is 0 Å². The second kappa shape index (κ2) is 7.83. The molecule has 0 radical (unpaired) electrons. The molecule has 1 atom stereocenters. The van der Waals surface area contributed by atoms with Crippen LogP contribution in [0.4, 0.5) is 10.5 Å². The van der Waals surface area contributed by atoms with E-state index < -0.39 is 23.8 Å². The van der Waals surface area contributed by atoms with E-state index >= 15 is 0 Å². The molecule has 1 aromatic carbocycles. The molecule has 7 nitrogen and oxygen atoms in total. The smallest absolute Gasteiger partial charge is 0.335 e. The Morgan fingerprint density at radius 2 is 1.88 bits per heavy atom. The molecule has 7 heteroatoms. The Balaban J connectivity index is 2.29. The summed E-state index contributed by atoms with van der Waals surface area (Å²) < 4.78 is 0. The highest BCUT2D eigenvalue weighted by molar-refractivity contribution is 6.35. The minimum atomic E-state index is -1.05. The highest BCUT2D eigenvalue weighted by Crippen LogP contribution is 2.21. The summed E-state index contributed by atoms with van der Waals surface area (Å²) in [5.41, 5.74) is 0.942. The maximum absolute atomic E-state index is 12.8. The maximum atomic E-state index is 12.8. The molecule has 0 spiro atoms. The van der Waals surface area contributed by atoms with Crippen LogP contribution in [0.25, 0.3) is 0 Å². The molecule has 1 heterocycles. The molecule has 0 aromatic heterocycles. The lowest BCUT2D eigenvalue weighted by Gasteiger charge is -2.30. The molecule has 4 amide bonds. The number of hydrogen-bond donors (Lipinski definition) is 2. The summed E-state index contributed by atoms with van der Waals surface area (Å²) in [4.78, 5) is 43.8. The van der Waals surface area contributed by atoms with Gasteiger partial charge < -0.3 is 4.90 Å². The average molecular weight is 331 g/mol. The number of para-hydroxylation sites is 1. The number of likely N-dealkylation sites (N-methyl/N-ethyl adjacent to an activating group) is 1. The SMILES string of the molecule is CCC(=NCC[NH+](C)C)C1C(=O)NC(=O)N(c2ccccc2)C1=O. The van der Waals surface area contributed by atoms with Crippen molar-refractivity contribution >= 4 is 29.2 Å². The lowest BCUT2D eigenvalue weighted by molar-refractivity contribution is -0.856. The number of hydrogen-bond acceptors (Lipinski definition) is 4. The molecular weight excluding hydrogens is 308 g/mol. The number of quaternary nitrogens is 1. The van der Waals surface area contributed by atoms with Gasteiger partial charge in [-0.05, 0) is 18.6 Å². The topological polar surface area (TPSA) is 83.3 Å². The van der Waals surface area contributed by atoms with Crippen molar-refractivity contribution in [1.29, 1.82) is 0 Å². The second-order valence-electron chi connectivity index (χ2n) is 5.92. The van der Waals surface area contributed by atoms with E-state index in [1.165, 1.54) is 4.90 Å². The van der Waals surface area contributed by atoms with Gasteiger partial charge in [-0.3, -0.25) is 19.9 Å². The van der Waals surface area contributed by atoms with Gasteiger partial charge in [-0.15, -0.1) is 0 Å². The maximum Gasteiger partial charge on any atom is 0.335 e. The number of urea groups is 1. The van der Waals surface area contributed by atoms with Crippen LogP contribution in [0.1, 0.15) is 13.3 Å². The molecule has 1 fully saturated rings. The zero-order valence-corrected chi connectivity index (χ0v) is 14.2. The minimum absolute atomic E-state index is 0.436. The molecule has 0 saturated carbocycles. The number of rotatable bonds is 6. The van der Waals surface area contributed by atoms with Gasteiger partial charge in [0.05, 0.1) is 32.9 Å². The van der Waals surface area contributed by atoms with E-state index in [-0.39, 0.29) is 0 Å². The standard InChI is InChI=1S/C17H22N4O3/c1-4-13(18-10-11-20(2)3)14-15(22)19-17(24)21(16(14)23)12-8-6-5-7-9-12/h5-9,14H,4,10-11H2,1-3H3,(H,19,22,24)/p+1. The molecule has 1 aliphatic heterocycles. The fraction of sp³-hybridized carbons (Fsp3) is 0.412. The van der Waals surface area contributed by atoms with E-state index in [2.05, 4.69) is 10.3 Å². The number of aliphatic imine (C=N–C) groups is 1. The van der Waals surface area contributed by atoms with Crippen LogP contribution < -0.4 is 15.1 Å². The molecule has 2 rings (SSSR count). The molecule has 1 unspecified atom stereocenters. The van der Waals surface area contributed by atoms with Crippen molar-refractivity contribution in [1.82, 2.24) is 5.32 Å². The summed E-state index contributed by atoms with van der Waals surface area (Å²) in [6, 6.07) is 7.85. The number of carbonyl (C=O) groups is 3. The fourth-order valence-electron chi connectivity index (χ4n) is 2.52. The largest absolute Gasteiger partial charge is 0.338 e. The molecule has 1 aromatic rings. The monoisotopic (exact) mass is 331 g/mol. The third-order valence-electron chi connectivity index (χ3n) is 3.80. The quantitative estimate of drug-likeness (QED) is 0.563. The van der Waals surface area contributed by atoms with Crippen molar-refractivity contribution in [2.24, 2.45) is 10.9 Å². The van der Waals surface area contributed by atoms with Crippen LogP contribution in [-0.4, -0.2) is 50.7 Å². The summed E-state index contributed by atoms with van der Waals surface area (Å²) >= 11 is 0. The Kier molecular flexibility index (Phi) is 5.81. The Bertz CT molecular complexity index is 655. The first-order valence-corrected chi connectivity index (χ1v) is 8.01. The van der Waals surface area contributed by atoms with E-state index in [1.807, 2.05) is 21.0 Å². The highest BCUT2D eigenvalue weighted by Gasteiger charge is 2.43. The molecule has 1 saturated heterocycles. The van der Waals surface area contributed by atoms with Gasteiger partial charge in [0.15, 0.2) is 5.92 Å². The lowest BCUT2D eigenvalue weighted by Crippen LogP contribution is -3.06. The van der Waals surface area contributed by atoms with Crippen LogP contribution >= 0.6 is 0 Å². The number of carbonyl (C=O) groups excluding carboxylic acids is 3. The predicted octanol–water partition coefficient (Wildman–Crippen LogP) is -0.119. The normalized spacial score (nSPS) is 19.0. The Labute approximate surface area is 141 Å².